The van der Waals surface area contributed by atoms with E-state index in [4.69, 9.17) is 9.47 Å². The van der Waals surface area contributed by atoms with Gasteiger partial charge in [0, 0.05) is 11.5 Å². The van der Waals surface area contributed by atoms with Crippen molar-refractivity contribution >= 4 is 0 Å². The molecule has 1 aliphatic heterocycles. The first-order valence-electron chi connectivity index (χ1n) is 12.6. The van der Waals surface area contributed by atoms with E-state index in [1.165, 1.54) is 44.9 Å². The second-order valence-electron chi connectivity index (χ2n) is 12.1. The van der Waals surface area contributed by atoms with Gasteiger partial charge in [-0.3, -0.25) is 0 Å². The lowest BCUT2D eigenvalue weighted by atomic mass is 9.74. The van der Waals surface area contributed by atoms with Crippen LogP contribution in [0.3, 0.4) is 0 Å². The second kappa shape index (κ2) is 9.83. The minimum Gasteiger partial charge on any atom is -0.507 e. The van der Waals surface area contributed by atoms with E-state index in [0.717, 1.165) is 41.7 Å². The minimum atomic E-state index is -0.333. The Morgan fingerprint density at radius 2 is 1.35 bits per heavy atom. The molecule has 1 saturated carbocycles. The Bertz CT molecular complexity index is 674. The molecule has 0 atom stereocenters. The highest BCUT2D eigenvalue weighted by atomic mass is 16.7. The number of hydrogen-bond acceptors (Lipinski definition) is 3. The summed E-state index contributed by atoms with van der Waals surface area (Å²) in [5, 5.41) is 11.0. The van der Waals surface area contributed by atoms with Crippen molar-refractivity contribution in [1.82, 2.24) is 0 Å². The Balaban J connectivity index is 1.67. The normalized spacial score (nSPS) is 28.0. The summed E-state index contributed by atoms with van der Waals surface area (Å²) >= 11 is 0. The zero-order valence-corrected chi connectivity index (χ0v) is 21.1. The molecule has 1 aromatic carbocycles. The Morgan fingerprint density at radius 3 is 1.81 bits per heavy atom. The summed E-state index contributed by atoms with van der Waals surface area (Å²) in [7, 11) is 0. The molecule has 176 valence electrons. The molecular formula is C28H46O3. The maximum absolute atomic E-state index is 11.0. The molecule has 0 bridgehead atoms. The summed E-state index contributed by atoms with van der Waals surface area (Å²) in [6, 6.07) is 4.18. The predicted octanol–water partition coefficient (Wildman–Crippen LogP) is 7.65. The van der Waals surface area contributed by atoms with E-state index in [2.05, 4.69) is 60.6 Å². The van der Waals surface area contributed by atoms with Gasteiger partial charge in [-0.15, -0.1) is 0 Å². The largest absolute Gasteiger partial charge is 0.507 e. The number of aromatic hydroxyl groups is 1. The average Bonchev–Trinajstić information content (AvgIpc) is 2.71. The van der Waals surface area contributed by atoms with Gasteiger partial charge in [-0.05, 0) is 58.8 Å². The van der Waals surface area contributed by atoms with E-state index in [1.54, 1.807) is 0 Å². The fraction of sp³-hybridized carbons (Fsp3) is 0.786. The van der Waals surface area contributed by atoms with Crippen molar-refractivity contribution in [2.75, 3.05) is 13.2 Å². The lowest BCUT2D eigenvalue weighted by molar-refractivity contribution is -0.214. The van der Waals surface area contributed by atoms with E-state index >= 15 is 0 Å². The van der Waals surface area contributed by atoms with E-state index < -0.39 is 0 Å². The van der Waals surface area contributed by atoms with Gasteiger partial charge in [0.2, 0.25) is 0 Å². The highest BCUT2D eigenvalue weighted by Gasteiger charge is 2.34. The number of phenolic OH excluding ortho intramolecular Hbond substituents is 1. The molecule has 3 nitrogen and oxygen atoms in total. The maximum Gasteiger partial charge on any atom is 0.183 e. The van der Waals surface area contributed by atoms with Crippen molar-refractivity contribution < 1.29 is 14.6 Å². The molecule has 0 radical (unpaired) electrons. The van der Waals surface area contributed by atoms with Crippen LogP contribution in [0.4, 0.5) is 0 Å². The molecule has 1 saturated heterocycles. The molecule has 0 spiro atoms. The van der Waals surface area contributed by atoms with Crippen LogP contribution in [-0.4, -0.2) is 18.3 Å². The van der Waals surface area contributed by atoms with Gasteiger partial charge in [0.05, 0.1) is 13.2 Å². The molecule has 1 heterocycles. The molecular weight excluding hydrogens is 384 g/mol. The van der Waals surface area contributed by atoms with E-state index in [9.17, 15) is 5.11 Å². The van der Waals surface area contributed by atoms with Crippen LogP contribution in [-0.2, 0) is 20.3 Å². The van der Waals surface area contributed by atoms with Gasteiger partial charge in [-0.1, -0.05) is 80.6 Å². The van der Waals surface area contributed by atoms with Crippen molar-refractivity contribution in [2.24, 2.45) is 17.8 Å². The number of benzene rings is 1. The Morgan fingerprint density at radius 1 is 0.839 bits per heavy atom. The van der Waals surface area contributed by atoms with Gasteiger partial charge >= 0.3 is 0 Å². The van der Waals surface area contributed by atoms with Gasteiger partial charge < -0.3 is 14.6 Å². The summed E-state index contributed by atoms with van der Waals surface area (Å²) in [5.74, 6) is 2.62. The van der Waals surface area contributed by atoms with Crippen LogP contribution < -0.4 is 0 Å². The van der Waals surface area contributed by atoms with Gasteiger partial charge in [0.15, 0.2) is 6.29 Å². The molecule has 2 aliphatic rings. The summed E-state index contributed by atoms with van der Waals surface area (Å²) in [4.78, 5) is 0. The number of hydrogen-bond donors (Lipinski definition) is 1. The molecule has 2 fully saturated rings. The Hall–Kier alpha value is -1.06. The molecule has 0 aromatic heterocycles. The van der Waals surface area contributed by atoms with E-state index in [-0.39, 0.29) is 17.1 Å². The fourth-order valence-electron chi connectivity index (χ4n) is 5.36. The van der Waals surface area contributed by atoms with Crippen LogP contribution in [0.5, 0.6) is 5.75 Å². The fourth-order valence-corrected chi connectivity index (χ4v) is 5.36. The van der Waals surface area contributed by atoms with Gasteiger partial charge in [-0.25, -0.2) is 0 Å². The van der Waals surface area contributed by atoms with Crippen LogP contribution in [0.25, 0.3) is 0 Å². The first-order chi connectivity index (χ1) is 14.5. The Labute approximate surface area is 190 Å². The van der Waals surface area contributed by atoms with Crippen molar-refractivity contribution in [3.8, 4) is 5.75 Å². The highest BCUT2D eigenvalue weighted by Crippen LogP contribution is 2.43. The second-order valence-corrected chi connectivity index (χ2v) is 12.1. The van der Waals surface area contributed by atoms with Crippen LogP contribution in [0, 0.1) is 17.8 Å². The molecule has 0 amide bonds. The van der Waals surface area contributed by atoms with Crippen molar-refractivity contribution in [1.29, 1.82) is 0 Å². The minimum absolute atomic E-state index is 0.145. The van der Waals surface area contributed by atoms with Gasteiger partial charge in [0.25, 0.3) is 0 Å². The number of ether oxygens (including phenoxy) is 2. The zero-order valence-electron chi connectivity index (χ0n) is 21.1. The summed E-state index contributed by atoms with van der Waals surface area (Å²) in [6.45, 7) is 16.7. The molecule has 1 N–H and O–H groups in total. The number of rotatable bonds is 5. The third-order valence-electron chi connectivity index (χ3n) is 7.47. The molecule has 0 unspecified atom stereocenters. The lowest BCUT2D eigenvalue weighted by Gasteiger charge is -2.38. The molecule has 3 heteroatoms. The third kappa shape index (κ3) is 6.05. The van der Waals surface area contributed by atoms with E-state index in [1.807, 2.05) is 0 Å². The summed E-state index contributed by atoms with van der Waals surface area (Å²) < 4.78 is 12.6. The van der Waals surface area contributed by atoms with Crippen LogP contribution in [0.15, 0.2) is 12.1 Å². The number of phenols is 1. The zero-order chi connectivity index (χ0) is 22.8. The monoisotopic (exact) mass is 430 g/mol. The van der Waals surface area contributed by atoms with Crippen LogP contribution in [0.1, 0.15) is 116 Å². The molecule has 31 heavy (non-hydrogen) atoms. The maximum atomic E-state index is 11.0. The smallest absolute Gasteiger partial charge is 0.183 e. The summed E-state index contributed by atoms with van der Waals surface area (Å²) in [6.07, 6.45) is 9.20. The topological polar surface area (TPSA) is 38.7 Å². The van der Waals surface area contributed by atoms with Gasteiger partial charge in [0.1, 0.15) is 5.75 Å². The SMILES string of the molecule is CCCCC1CCC(C2COC(c3cc(C(C)(C)C)c(O)c(C(C)(C)C)c3)OC2)CC1. The van der Waals surface area contributed by atoms with Crippen molar-refractivity contribution in [2.45, 2.75) is 111 Å². The van der Waals surface area contributed by atoms with Gasteiger partial charge in [-0.2, -0.15) is 0 Å². The molecule has 1 aromatic rings. The first-order valence-corrected chi connectivity index (χ1v) is 12.6. The Kier molecular flexibility index (Phi) is 7.79. The first kappa shape index (κ1) is 24.6. The highest BCUT2D eigenvalue weighted by molar-refractivity contribution is 5.50. The average molecular weight is 431 g/mol. The molecule has 3 rings (SSSR count). The van der Waals surface area contributed by atoms with E-state index in [0.29, 0.717) is 11.7 Å². The third-order valence-corrected chi connectivity index (χ3v) is 7.47. The van der Waals surface area contributed by atoms with Crippen LogP contribution in [0.2, 0.25) is 0 Å². The number of unbranched alkanes of at least 4 members (excludes halogenated alkanes) is 1. The van der Waals surface area contributed by atoms with Crippen molar-refractivity contribution in [3.63, 3.8) is 0 Å². The lowest BCUT2D eigenvalue weighted by Crippen LogP contribution is -2.34. The standard InChI is InChI=1S/C28H46O3/c1-8-9-10-19-11-13-20(14-12-19)22-17-30-26(31-18-22)21-15-23(27(2,3)4)25(29)24(16-21)28(5,6)7/h15-16,19-20,22,26,29H,8-14,17-18H2,1-7H3. The van der Waals surface area contributed by atoms with Crippen LogP contribution >= 0.6 is 0 Å². The molecule has 1 aliphatic carbocycles. The summed E-state index contributed by atoms with van der Waals surface area (Å²) in [5.41, 5.74) is 2.68. The van der Waals surface area contributed by atoms with Crippen molar-refractivity contribution in [3.05, 3.63) is 28.8 Å². The predicted molar refractivity (Wildman–Crippen MR) is 129 cm³/mol. The quantitative estimate of drug-likeness (QED) is 0.521.